The summed E-state index contributed by atoms with van der Waals surface area (Å²) in [5, 5.41) is 15.3. The number of pyridine rings is 2. The Morgan fingerprint density at radius 1 is 1.32 bits per heavy atom. The highest BCUT2D eigenvalue weighted by molar-refractivity contribution is 6.00. The first-order chi connectivity index (χ1) is 16.7. The molecule has 2 aromatic heterocycles. The van der Waals surface area contributed by atoms with Crippen LogP contribution in [0.1, 0.15) is 24.0 Å². The van der Waals surface area contributed by atoms with E-state index in [-0.39, 0.29) is 11.9 Å². The van der Waals surface area contributed by atoms with Gasteiger partial charge in [-0.3, -0.25) is 10.2 Å². The molecule has 4 heterocycles. The van der Waals surface area contributed by atoms with Gasteiger partial charge in [0.25, 0.3) is 0 Å². The van der Waals surface area contributed by atoms with Gasteiger partial charge in [-0.05, 0) is 18.6 Å². The molecule has 34 heavy (non-hydrogen) atoms. The second-order valence-corrected chi connectivity index (χ2v) is 7.91. The molecule has 0 aromatic carbocycles. The van der Waals surface area contributed by atoms with Crippen molar-refractivity contribution < 1.29 is 23.7 Å². The van der Waals surface area contributed by atoms with Crippen LogP contribution in [0.3, 0.4) is 0 Å². The largest absolute Gasteiger partial charge is 0.383 e. The molecule has 0 bridgehead atoms. The van der Waals surface area contributed by atoms with Crippen LogP contribution in [0.5, 0.6) is 0 Å². The van der Waals surface area contributed by atoms with Gasteiger partial charge < -0.3 is 24.3 Å². The van der Waals surface area contributed by atoms with Crippen LogP contribution >= 0.6 is 0 Å². The minimum atomic E-state index is -0.541. The molecular formula is C23H28N6O5. The first-order valence-electron chi connectivity index (χ1n) is 11.2. The van der Waals surface area contributed by atoms with Gasteiger partial charge in [-0.1, -0.05) is 6.07 Å². The molecule has 4 rings (SSSR count). The number of amides is 2. The molecule has 2 fully saturated rings. The lowest BCUT2D eigenvalue weighted by Gasteiger charge is -2.25. The number of nitrogens with one attached hydrogen (secondary N) is 2. The van der Waals surface area contributed by atoms with E-state index in [0.717, 1.165) is 6.42 Å². The van der Waals surface area contributed by atoms with E-state index >= 15 is 0 Å². The molecule has 0 unspecified atom stereocenters. The lowest BCUT2D eigenvalue weighted by Crippen LogP contribution is -2.39. The maximum atomic E-state index is 13.4. The molecule has 0 saturated carbocycles. The van der Waals surface area contributed by atoms with Crippen molar-refractivity contribution in [3.05, 3.63) is 41.7 Å². The van der Waals surface area contributed by atoms with E-state index in [4.69, 9.17) is 18.9 Å². The standard InChI is InChI=1S/C23H28N6O5/c1-31-8-6-25-19-11-20(26-13-17(19)12-24)28-23(30)29(14-16-5-7-32-15-16)21-4-2-3-18(27-21)22-33-9-10-34-22/h2-4,11,13,16,22H,5-10,14-15H2,1H3,(H2,25,26,28,30)/t16-/m0/s1. The lowest BCUT2D eigenvalue weighted by atomic mass is 10.1. The van der Waals surface area contributed by atoms with E-state index in [1.54, 1.807) is 24.1 Å². The molecule has 0 radical (unpaired) electrons. The van der Waals surface area contributed by atoms with Crippen LogP contribution in [0.15, 0.2) is 30.5 Å². The van der Waals surface area contributed by atoms with Crippen LogP contribution in [0.2, 0.25) is 0 Å². The molecule has 1 atom stereocenters. The summed E-state index contributed by atoms with van der Waals surface area (Å²) in [7, 11) is 1.60. The van der Waals surface area contributed by atoms with Gasteiger partial charge in [0.1, 0.15) is 17.7 Å². The highest BCUT2D eigenvalue weighted by atomic mass is 16.7. The number of ether oxygens (including phenoxy) is 4. The van der Waals surface area contributed by atoms with Crippen LogP contribution in [0.25, 0.3) is 0 Å². The zero-order chi connectivity index (χ0) is 23.8. The number of carbonyl (C=O) groups is 1. The molecule has 2 aromatic rings. The minimum Gasteiger partial charge on any atom is -0.383 e. The Bertz CT molecular complexity index is 1020. The quantitative estimate of drug-likeness (QED) is 0.533. The second kappa shape index (κ2) is 11.7. The molecule has 2 aliphatic rings. The summed E-state index contributed by atoms with van der Waals surface area (Å²) in [6, 6.07) is 8.76. The molecule has 180 valence electrons. The molecule has 2 amide bonds. The van der Waals surface area contributed by atoms with Crippen LogP contribution in [0, 0.1) is 17.2 Å². The average molecular weight is 469 g/mol. The second-order valence-electron chi connectivity index (χ2n) is 7.91. The Kier molecular flexibility index (Phi) is 8.21. The SMILES string of the molecule is COCCNc1cc(NC(=O)N(C[C@@H]2CCOC2)c2cccc(C3OCCO3)n2)ncc1C#N. The maximum absolute atomic E-state index is 13.4. The van der Waals surface area contributed by atoms with Crippen LogP contribution in [-0.2, 0) is 18.9 Å². The van der Waals surface area contributed by atoms with Crippen LogP contribution in [0.4, 0.5) is 22.1 Å². The number of carbonyl (C=O) groups excluding carboxylic acids is 1. The van der Waals surface area contributed by atoms with Crippen molar-refractivity contribution in [2.75, 3.05) is 68.8 Å². The Labute approximate surface area is 198 Å². The van der Waals surface area contributed by atoms with Crippen molar-refractivity contribution in [3.63, 3.8) is 0 Å². The fourth-order valence-corrected chi connectivity index (χ4v) is 3.74. The van der Waals surface area contributed by atoms with Gasteiger partial charge in [-0.15, -0.1) is 0 Å². The summed E-state index contributed by atoms with van der Waals surface area (Å²) >= 11 is 0. The molecule has 2 aliphatic heterocycles. The Balaban J connectivity index is 1.55. The van der Waals surface area contributed by atoms with E-state index in [1.165, 1.54) is 6.20 Å². The molecular weight excluding hydrogens is 440 g/mol. The topological polar surface area (TPSA) is 131 Å². The highest BCUT2D eigenvalue weighted by Gasteiger charge is 2.27. The van der Waals surface area contributed by atoms with Gasteiger partial charge in [0.2, 0.25) is 6.29 Å². The summed E-state index contributed by atoms with van der Waals surface area (Å²) < 4.78 is 21.7. The van der Waals surface area contributed by atoms with E-state index in [1.807, 2.05) is 12.1 Å². The molecule has 11 heteroatoms. The van der Waals surface area contributed by atoms with Crippen molar-refractivity contribution in [1.29, 1.82) is 5.26 Å². The normalized spacial score (nSPS) is 17.9. The van der Waals surface area contributed by atoms with E-state index in [9.17, 15) is 10.1 Å². The lowest BCUT2D eigenvalue weighted by molar-refractivity contribution is -0.0472. The van der Waals surface area contributed by atoms with Crippen molar-refractivity contribution in [1.82, 2.24) is 9.97 Å². The van der Waals surface area contributed by atoms with Gasteiger partial charge in [0.05, 0.1) is 43.4 Å². The molecule has 2 N–H and O–H groups in total. The third-order valence-corrected chi connectivity index (χ3v) is 5.49. The van der Waals surface area contributed by atoms with Gasteiger partial charge in [0.15, 0.2) is 0 Å². The number of rotatable bonds is 9. The van der Waals surface area contributed by atoms with Gasteiger partial charge in [-0.2, -0.15) is 5.26 Å². The van der Waals surface area contributed by atoms with Crippen molar-refractivity contribution in [2.24, 2.45) is 5.92 Å². The Morgan fingerprint density at radius 2 is 2.18 bits per heavy atom. The first-order valence-corrected chi connectivity index (χ1v) is 11.2. The van der Waals surface area contributed by atoms with E-state index < -0.39 is 6.29 Å². The summed E-state index contributed by atoms with van der Waals surface area (Å²) in [6.45, 7) is 3.69. The van der Waals surface area contributed by atoms with Crippen LogP contribution < -0.4 is 15.5 Å². The summed E-state index contributed by atoms with van der Waals surface area (Å²) in [4.78, 5) is 23.8. The predicted octanol–water partition coefficient (Wildman–Crippen LogP) is 2.53. The van der Waals surface area contributed by atoms with E-state index in [0.29, 0.717) is 74.7 Å². The zero-order valence-electron chi connectivity index (χ0n) is 19.0. The van der Waals surface area contributed by atoms with Gasteiger partial charge in [0, 0.05) is 45.0 Å². The number of nitrogens with zero attached hydrogens (tertiary/aromatic N) is 4. The van der Waals surface area contributed by atoms with Crippen molar-refractivity contribution >= 4 is 23.4 Å². The number of hydrogen-bond donors (Lipinski definition) is 2. The molecule has 11 nitrogen and oxygen atoms in total. The zero-order valence-corrected chi connectivity index (χ0v) is 19.0. The third-order valence-electron chi connectivity index (χ3n) is 5.49. The van der Waals surface area contributed by atoms with Crippen molar-refractivity contribution in [3.8, 4) is 6.07 Å². The number of urea groups is 1. The number of anilines is 3. The van der Waals surface area contributed by atoms with Gasteiger partial charge >= 0.3 is 6.03 Å². The average Bonchev–Trinajstić information content (AvgIpc) is 3.58. The number of nitriles is 1. The predicted molar refractivity (Wildman–Crippen MR) is 123 cm³/mol. The van der Waals surface area contributed by atoms with Crippen LogP contribution in [-0.4, -0.2) is 69.2 Å². The minimum absolute atomic E-state index is 0.190. The fraction of sp³-hybridized carbons (Fsp3) is 0.478. The summed E-state index contributed by atoms with van der Waals surface area (Å²) in [5.74, 6) is 0.985. The number of methoxy groups -OCH3 is 1. The third kappa shape index (κ3) is 5.98. The Hall–Kier alpha value is -3.30. The van der Waals surface area contributed by atoms with E-state index in [2.05, 4.69) is 26.7 Å². The number of aromatic nitrogens is 2. The molecule has 2 saturated heterocycles. The first kappa shape index (κ1) is 23.8. The van der Waals surface area contributed by atoms with Gasteiger partial charge in [-0.25, -0.2) is 14.8 Å². The maximum Gasteiger partial charge on any atom is 0.328 e. The Morgan fingerprint density at radius 3 is 2.91 bits per heavy atom. The molecule has 0 aliphatic carbocycles. The highest BCUT2D eigenvalue weighted by Crippen LogP contribution is 2.26. The van der Waals surface area contributed by atoms with Crippen molar-refractivity contribution in [2.45, 2.75) is 12.7 Å². The number of hydrogen-bond acceptors (Lipinski definition) is 9. The monoisotopic (exact) mass is 468 g/mol. The summed E-state index contributed by atoms with van der Waals surface area (Å²) in [6.07, 6.45) is 1.75. The molecule has 0 spiro atoms. The summed E-state index contributed by atoms with van der Waals surface area (Å²) in [5.41, 5.74) is 1.55. The smallest absolute Gasteiger partial charge is 0.328 e. The fourth-order valence-electron chi connectivity index (χ4n) is 3.74.